The standard InChI is InChI=1S/C12H16N2O4/c1-7(12(13)15)14-5-8-3-9(16-2)11-10(4-8)17-6-18-11/h3-4,7,14H,5-6H2,1-2H3,(H2,13,15). The fourth-order valence-electron chi connectivity index (χ4n) is 1.66. The SMILES string of the molecule is COc1cc(CNC(C)C(N)=O)cc2c1OCO2. The van der Waals surface area contributed by atoms with Crippen molar-refractivity contribution in [3.63, 3.8) is 0 Å². The highest BCUT2D eigenvalue weighted by molar-refractivity contribution is 5.79. The van der Waals surface area contributed by atoms with E-state index in [1.54, 1.807) is 14.0 Å². The van der Waals surface area contributed by atoms with Crippen LogP contribution in [0.1, 0.15) is 12.5 Å². The maximum absolute atomic E-state index is 10.9. The second kappa shape index (κ2) is 5.14. The van der Waals surface area contributed by atoms with E-state index >= 15 is 0 Å². The smallest absolute Gasteiger partial charge is 0.234 e. The van der Waals surface area contributed by atoms with Crippen molar-refractivity contribution in [1.29, 1.82) is 0 Å². The van der Waals surface area contributed by atoms with Crippen LogP contribution in [0.15, 0.2) is 12.1 Å². The number of nitrogens with two attached hydrogens (primary N) is 1. The van der Waals surface area contributed by atoms with Gasteiger partial charge in [-0.1, -0.05) is 0 Å². The van der Waals surface area contributed by atoms with Gasteiger partial charge in [0.25, 0.3) is 0 Å². The van der Waals surface area contributed by atoms with Gasteiger partial charge in [0.15, 0.2) is 11.5 Å². The molecular formula is C12H16N2O4. The van der Waals surface area contributed by atoms with Gasteiger partial charge in [-0.2, -0.15) is 0 Å². The van der Waals surface area contributed by atoms with E-state index in [0.29, 0.717) is 23.8 Å². The number of methoxy groups -OCH3 is 1. The first-order chi connectivity index (χ1) is 8.61. The Balaban J connectivity index is 2.12. The molecule has 0 saturated carbocycles. The number of nitrogens with one attached hydrogen (secondary N) is 1. The number of hydrogen-bond donors (Lipinski definition) is 2. The Kier molecular flexibility index (Phi) is 3.57. The molecule has 0 saturated heterocycles. The van der Waals surface area contributed by atoms with Crippen LogP contribution in [-0.2, 0) is 11.3 Å². The predicted molar refractivity (Wildman–Crippen MR) is 64.6 cm³/mol. The fourth-order valence-corrected chi connectivity index (χ4v) is 1.66. The van der Waals surface area contributed by atoms with Crippen LogP contribution in [-0.4, -0.2) is 25.9 Å². The van der Waals surface area contributed by atoms with Crippen LogP contribution in [0.2, 0.25) is 0 Å². The van der Waals surface area contributed by atoms with Gasteiger partial charge in [-0.05, 0) is 24.6 Å². The van der Waals surface area contributed by atoms with E-state index in [-0.39, 0.29) is 18.7 Å². The van der Waals surface area contributed by atoms with Crippen LogP contribution in [0.25, 0.3) is 0 Å². The Hall–Kier alpha value is -1.95. The normalized spacial score (nSPS) is 14.3. The van der Waals surface area contributed by atoms with Crippen LogP contribution >= 0.6 is 0 Å². The molecular weight excluding hydrogens is 236 g/mol. The first kappa shape index (κ1) is 12.5. The van der Waals surface area contributed by atoms with E-state index in [2.05, 4.69) is 5.32 Å². The molecule has 1 aromatic rings. The highest BCUT2D eigenvalue weighted by Crippen LogP contribution is 2.41. The molecule has 1 unspecified atom stereocenters. The maximum Gasteiger partial charge on any atom is 0.234 e. The lowest BCUT2D eigenvalue weighted by atomic mass is 10.1. The lowest BCUT2D eigenvalue weighted by Gasteiger charge is -2.12. The number of rotatable bonds is 5. The summed E-state index contributed by atoms with van der Waals surface area (Å²) in [7, 11) is 1.57. The van der Waals surface area contributed by atoms with Crippen molar-refractivity contribution in [3.8, 4) is 17.2 Å². The number of amides is 1. The quantitative estimate of drug-likeness (QED) is 0.792. The maximum atomic E-state index is 10.9. The summed E-state index contributed by atoms with van der Waals surface area (Å²) >= 11 is 0. The van der Waals surface area contributed by atoms with Gasteiger partial charge in [-0.25, -0.2) is 0 Å². The topological polar surface area (TPSA) is 82.8 Å². The van der Waals surface area contributed by atoms with E-state index in [4.69, 9.17) is 19.9 Å². The molecule has 1 aliphatic rings. The molecule has 1 aromatic carbocycles. The van der Waals surface area contributed by atoms with E-state index in [1.165, 1.54) is 0 Å². The Morgan fingerprint density at radius 1 is 1.56 bits per heavy atom. The summed E-state index contributed by atoms with van der Waals surface area (Å²) in [6.07, 6.45) is 0. The van der Waals surface area contributed by atoms with Crippen LogP contribution in [0.3, 0.4) is 0 Å². The monoisotopic (exact) mass is 252 g/mol. The summed E-state index contributed by atoms with van der Waals surface area (Å²) in [5, 5.41) is 3.01. The number of fused-ring (bicyclic) bond motifs is 1. The highest BCUT2D eigenvalue weighted by Gasteiger charge is 2.20. The fraction of sp³-hybridized carbons (Fsp3) is 0.417. The van der Waals surface area contributed by atoms with Gasteiger partial charge in [0.05, 0.1) is 13.2 Å². The molecule has 6 heteroatoms. The number of primary amides is 1. The van der Waals surface area contributed by atoms with E-state index in [1.807, 2.05) is 12.1 Å². The third-order valence-electron chi connectivity index (χ3n) is 2.76. The molecule has 98 valence electrons. The van der Waals surface area contributed by atoms with Gasteiger partial charge < -0.3 is 25.3 Å². The molecule has 1 amide bonds. The van der Waals surface area contributed by atoms with Gasteiger partial charge in [-0.15, -0.1) is 0 Å². The molecule has 1 atom stereocenters. The summed E-state index contributed by atoms with van der Waals surface area (Å²) in [6, 6.07) is 3.31. The van der Waals surface area contributed by atoms with E-state index in [9.17, 15) is 4.79 Å². The highest BCUT2D eigenvalue weighted by atomic mass is 16.7. The molecule has 0 aromatic heterocycles. The average molecular weight is 252 g/mol. The molecule has 18 heavy (non-hydrogen) atoms. The van der Waals surface area contributed by atoms with Crippen molar-refractivity contribution in [2.24, 2.45) is 5.73 Å². The summed E-state index contributed by atoms with van der Waals surface area (Å²) in [5.41, 5.74) is 6.11. The molecule has 2 rings (SSSR count). The lowest BCUT2D eigenvalue weighted by molar-refractivity contribution is -0.119. The van der Waals surface area contributed by atoms with Gasteiger partial charge >= 0.3 is 0 Å². The number of hydrogen-bond acceptors (Lipinski definition) is 5. The van der Waals surface area contributed by atoms with Gasteiger partial charge in [0, 0.05) is 6.54 Å². The molecule has 3 N–H and O–H groups in total. The van der Waals surface area contributed by atoms with Gasteiger partial charge in [0.2, 0.25) is 18.4 Å². The summed E-state index contributed by atoms with van der Waals surface area (Å²) < 4.78 is 15.8. The largest absolute Gasteiger partial charge is 0.493 e. The Labute approximate surface area is 105 Å². The molecule has 1 heterocycles. The van der Waals surface area contributed by atoms with E-state index < -0.39 is 0 Å². The van der Waals surface area contributed by atoms with Crippen molar-refractivity contribution < 1.29 is 19.0 Å². The third kappa shape index (κ3) is 2.48. The Morgan fingerprint density at radius 3 is 3.00 bits per heavy atom. The Morgan fingerprint density at radius 2 is 2.33 bits per heavy atom. The average Bonchev–Trinajstić information content (AvgIpc) is 2.82. The van der Waals surface area contributed by atoms with Crippen molar-refractivity contribution in [2.45, 2.75) is 19.5 Å². The van der Waals surface area contributed by atoms with Crippen LogP contribution in [0, 0.1) is 0 Å². The molecule has 0 fully saturated rings. The zero-order valence-electron chi connectivity index (χ0n) is 10.4. The van der Waals surface area contributed by atoms with Gasteiger partial charge in [-0.3, -0.25) is 4.79 Å². The number of benzene rings is 1. The first-order valence-electron chi connectivity index (χ1n) is 5.61. The number of carbonyl (C=O) groups is 1. The number of ether oxygens (including phenoxy) is 3. The minimum atomic E-state index is -0.388. The van der Waals surface area contributed by atoms with E-state index in [0.717, 1.165) is 5.56 Å². The minimum Gasteiger partial charge on any atom is -0.493 e. The summed E-state index contributed by atoms with van der Waals surface area (Å²) in [4.78, 5) is 10.9. The zero-order valence-corrected chi connectivity index (χ0v) is 10.4. The predicted octanol–water partition coefficient (Wildman–Crippen LogP) is 0.387. The first-order valence-corrected chi connectivity index (χ1v) is 5.61. The van der Waals surface area contributed by atoms with Crippen molar-refractivity contribution in [1.82, 2.24) is 5.32 Å². The molecule has 0 bridgehead atoms. The van der Waals surface area contributed by atoms with Gasteiger partial charge in [0.1, 0.15) is 0 Å². The second-order valence-electron chi connectivity index (χ2n) is 4.04. The Bertz CT molecular complexity index is 462. The van der Waals surface area contributed by atoms with Crippen molar-refractivity contribution in [3.05, 3.63) is 17.7 Å². The summed E-state index contributed by atoms with van der Waals surface area (Å²) in [5.74, 6) is 1.50. The van der Waals surface area contributed by atoms with Crippen molar-refractivity contribution >= 4 is 5.91 Å². The minimum absolute atomic E-state index is 0.195. The number of carbonyl (C=O) groups excluding carboxylic acids is 1. The van der Waals surface area contributed by atoms with Crippen LogP contribution in [0.4, 0.5) is 0 Å². The molecule has 0 radical (unpaired) electrons. The lowest BCUT2D eigenvalue weighted by Crippen LogP contribution is -2.38. The van der Waals surface area contributed by atoms with Crippen molar-refractivity contribution in [2.75, 3.05) is 13.9 Å². The molecule has 0 aliphatic carbocycles. The van der Waals surface area contributed by atoms with Crippen LogP contribution < -0.4 is 25.3 Å². The van der Waals surface area contributed by atoms with Crippen LogP contribution in [0.5, 0.6) is 17.2 Å². The molecule has 6 nitrogen and oxygen atoms in total. The second-order valence-corrected chi connectivity index (χ2v) is 4.04. The third-order valence-corrected chi connectivity index (χ3v) is 2.76. The zero-order chi connectivity index (χ0) is 13.1. The molecule has 0 spiro atoms. The summed E-state index contributed by atoms with van der Waals surface area (Å²) in [6.45, 7) is 2.41. The molecule has 1 aliphatic heterocycles.